The molecule has 186 valence electrons. The van der Waals surface area contributed by atoms with E-state index < -0.39 is 40.6 Å². The van der Waals surface area contributed by atoms with Crippen molar-refractivity contribution in [3.63, 3.8) is 0 Å². The van der Waals surface area contributed by atoms with E-state index in [0.717, 1.165) is 18.7 Å². The molecule has 2 aliphatic rings. The number of benzene rings is 2. The largest absolute Gasteiger partial charge is 0.418 e. The van der Waals surface area contributed by atoms with Gasteiger partial charge in [-0.3, -0.25) is 29.2 Å². The Kier molecular flexibility index (Phi) is 5.79. The predicted octanol–water partition coefficient (Wildman–Crippen LogP) is 2.64. The fraction of sp³-hybridized carbons (Fsp3) is 0.240. The monoisotopic (exact) mass is 497 g/mol. The maximum absolute atomic E-state index is 14.1. The lowest BCUT2D eigenvalue weighted by Gasteiger charge is -2.36. The highest BCUT2D eigenvalue weighted by Crippen LogP contribution is 2.37. The average Bonchev–Trinajstić information content (AvgIpc) is 3.12. The Morgan fingerprint density at radius 2 is 1.58 bits per heavy atom. The second kappa shape index (κ2) is 8.83. The average molecular weight is 497 g/mol. The van der Waals surface area contributed by atoms with Gasteiger partial charge in [-0.25, -0.2) is 0 Å². The predicted molar refractivity (Wildman–Crippen MR) is 127 cm³/mol. The molecule has 8 nitrogen and oxygen atoms in total. The van der Waals surface area contributed by atoms with Crippen LogP contribution in [0.4, 0.5) is 24.7 Å². The van der Waals surface area contributed by atoms with Crippen molar-refractivity contribution in [1.29, 1.82) is 0 Å². The van der Waals surface area contributed by atoms with Crippen molar-refractivity contribution >= 4 is 23.3 Å². The summed E-state index contributed by atoms with van der Waals surface area (Å²) in [5.74, 6) is -2.20. The first-order chi connectivity index (χ1) is 17.1. The standard InChI is InChI=1S/C25H22F3N5O3/c26-25(27,28)18-12-16(32-10-8-31(9-11-32)14-15-4-2-1-3-5-15)6-7-19(18)33-20(34)13-17-21(22(33)29)24(36)30-23(17)35/h1-7,12-13H,8-11,14,29H2,(H,30,35,36). The summed E-state index contributed by atoms with van der Waals surface area (Å²) in [7, 11) is 0. The number of piperazine rings is 1. The van der Waals surface area contributed by atoms with Crippen LogP contribution < -0.4 is 21.5 Å². The first-order valence-corrected chi connectivity index (χ1v) is 11.3. The van der Waals surface area contributed by atoms with Crippen LogP contribution in [-0.2, 0) is 12.7 Å². The molecule has 1 aromatic heterocycles. The number of hydrogen-bond acceptors (Lipinski definition) is 6. The highest BCUT2D eigenvalue weighted by atomic mass is 19.4. The van der Waals surface area contributed by atoms with Crippen molar-refractivity contribution in [3.8, 4) is 5.69 Å². The number of amides is 2. The normalized spacial score (nSPS) is 16.2. The van der Waals surface area contributed by atoms with Crippen molar-refractivity contribution in [3.05, 3.63) is 87.2 Å². The zero-order chi connectivity index (χ0) is 25.6. The van der Waals surface area contributed by atoms with E-state index in [1.807, 2.05) is 40.5 Å². The molecule has 0 bridgehead atoms. The number of nitrogen functional groups attached to an aromatic ring is 1. The Labute approximate surface area is 203 Å². The van der Waals surface area contributed by atoms with E-state index in [9.17, 15) is 27.6 Å². The third-order valence-electron chi connectivity index (χ3n) is 6.47. The molecule has 0 atom stereocenters. The minimum absolute atomic E-state index is 0.252. The Hall–Kier alpha value is -4.12. The van der Waals surface area contributed by atoms with E-state index in [1.54, 1.807) is 0 Å². The van der Waals surface area contributed by atoms with Crippen LogP contribution in [0.15, 0.2) is 59.4 Å². The van der Waals surface area contributed by atoms with Gasteiger partial charge < -0.3 is 10.6 Å². The molecule has 0 radical (unpaired) electrons. The Morgan fingerprint density at radius 1 is 0.889 bits per heavy atom. The molecule has 36 heavy (non-hydrogen) atoms. The second-order valence-electron chi connectivity index (χ2n) is 8.72. The van der Waals surface area contributed by atoms with Crippen molar-refractivity contribution < 1.29 is 22.8 Å². The molecule has 2 aliphatic heterocycles. The molecule has 0 saturated carbocycles. The highest BCUT2D eigenvalue weighted by molar-refractivity contribution is 6.23. The van der Waals surface area contributed by atoms with Gasteiger partial charge in [0, 0.05) is 44.5 Å². The van der Waals surface area contributed by atoms with Gasteiger partial charge in [-0.1, -0.05) is 30.3 Å². The van der Waals surface area contributed by atoms with Gasteiger partial charge in [-0.2, -0.15) is 13.2 Å². The van der Waals surface area contributed by atoms with Crippen LogP contribution in [0.2, 0.25) is 0 Å². The van der Waals surface area contributed by atoms with Crippen molar-refractivity contribution in [2.75, 3.05) is 36.8 Å². The first kappa shape index (κ1) is 23.6. The van der Waals surface area contributed by atoms with Crippen LogP contribution in [0.5, 0.6) is 0 Å². The van der Waals surface area contributed by atoms with Crippen LogP contribution in [0.25, 0.3) is 5.69 Å². The van der Waals surface area contributed by atoms with Gasteiger partial charge in [0.1, 0.15) is 5.82 Å². The summed E-state index contributed by atoms with van der Waals surface area (Å²) in [4.78, 5) is 40.8. The zero-order valence-corrected chi connectivity index (χ0v) is 19.0. The lowest BCUT2D eigenvalue weighted by molar-refractivity contribution is -0.137. The van der Waals surface area contributed by atoms with Gasteiger partial charge in [0.25, 0.3) is 17.4 Å². The third kappa shape index (κ3) is 4.22. The summed E-state index contributed by atoms with van der Waals surface area (Å²) < 4.78 is 43.1. The third-order valence-corrected chi connectivity index (χ3v) is 6.47. The molecule has 2 aromatic carbocycles. The second-order valence-corrected chi connectivity index (χ2v) is 8.72. The molecule has 0 unspecified atom stereocenters. The number of fused-ring (bicyclic) bond motifs is 1. The molecule has 3 N–H and O–H groups in total. The number of anilines is 2. The number of hydrogen-bond donors (Lipinski definition) is 2. The fourth-order valence-electron chi connectivity index (χ4n) is 4.68. The van der Waals surface area contributed by atoms with E-state index in [0.29, 0.717) is 36.4 Å². The first-order valence-electron chi connectivity index (χ1n) is 11.3. The molecule has 3 heterocycles. The minimum Gasteiger partial charge on any atom is -0.384 e. The number of carbonyl (C=O) groups is 2. The van der Waals surface area contributed by atoms with Crippen LogP contribution in [0, 0.1) is 0 Å². The number of halogens is 3. The Bertz CT molecular complexity index is 1410. The summed E-state index contributed by atoms with van der Waals surface area (Å²) in [5.41, 5.74) is 4.41. The summed E-state index contributed by atoms with van der Waals surface area (Å²) in [6.45, 7) is 3.19. The maximum atomic E-state index is 14.1. The molecule has 2 amide bonds. The minimum atomic E-state index is -4.80. The van der Waals surface area contributed by atoms with Gasteiger partial charge in [-0.05, 0) is 23.8 Å². The SMILES string of the molecule is Nc1c2c(cc(=O)n1-c1ccc(N3CCN(Cc4ccccc4)CC3)cc1C(F)(F)F)C(=O)NC2=O. The van der Waals surface area contributed by atoms with E-state index in [2.05, 4.69) is 4.90 Å². The molecule has 0 spiro atoms. The summed E-state index contributed by atoms with van der Waals surface area (Å²) in [6, 6.07) is 14.4. The van der Waals surface area contributed by atoms with Crippen molar-refractivity contribution in [2.24, 2.45) is 0 Å². The summed E-state index contributed by atoms with van der Waals surface area (Å²) >= 11 is 0. The number of nitrogens with zero attached hydrogens (tertiary/aromatic N) is 3. The van der Waals surface area contributed by atoms with E-state index >= 15 is 0 Å². The molecular formula is C25H22F3N5O3. The fourth-order valence-corrected chi connectivity index (χ4v) is 4.68. The molecule has 0 aliphatic carbocycles. The maximum Gasteiger partial charge on any atom is 0.418 e. The van der Waals surface area contributed by atoms with Crippen LogP contribution in [0.1, 0.15) is 31.8 Å². The van der Waals surface area contributed by atoms with Crippen LogP contribution in [0.3, 0.4) is 0 Å². The number of nitrogens with one attached hydrogen (secondary N) is 1. The van der Waals surface area contributed by atoms with Gasteiger partial charge in [0.2, 0.25) is 0 Å². The topological polar surface area (TPSA) is 101 Å². The number of nitrogens with two attached hydrogens (primary N) is 1. The van der Waals surface area contributed by atoms with Gasteiger partial charge in [0.15, 0.2) is 0 Å². The van der Waals surface area contributed by atoms with Crippen LogP contribution >= 0.6 is 0 Å². The molecule has 11 heteroatoms. The molecule has 1 saturated heterocycles. The lowest BCUT2D eigenvalue weighted by atomic mass is 10.1. The number of alkyl halides is 3. The van der Waals surface area contributed by atoms with E-state index in [4.69, 9.17) is 5.73 Å². The summed E-state index contributed by atoms with van der Waals surface area (Å²) in [6.07, 6.45) is -4.80. The van der Waals surface area contributed by atoms with Crippen molar-refractivity contribution in [1.82, 2.24) is 14.8 Å². The van der Waals surface area contributed by atoms with Gasteiger partial charge in [0.05, 0.1) is 22.4 Å². The quantitative estimate of drug-likeness (QED) is 0.538. The van der Waals surface area contributed by atoms with E-state index in [1.165, 1.54) is 17.7 Å². The lowest BCUT2D eigenvalue weighted by Crippen LogP contribution is -2.46. The highest BCUT2D eigenvalue weighted by Gasteiger charge is 2.37. The molecule has 5 rings (SSSR count). The Morgan fingerprint density at radius 3 is 2.25 bits per heavy atom. The summed E-state index contributed by atoms with van der Waals surface area (Å²) in [5, 5.41) is 2.00. The number of imide groups is 1. The van der Waals surface area contributed by atoms with Gasteiger partial charge >= 0.3 is 6.18 Å². The van der Waals surface area contributed by atoms with Crippen molar-refractivity contribution in [2.45, 2.75) is 12.7 Å². The van der Waals surface area contributed by atoms with E-state index in [-0.39, 0.29) is 11.1 Å². The molecule has 1 fully saturated rings. The number of carbonyl (C=O) groups excluding carboxylic acids is 2. The molecular weight excluding hydrogens is 475 g/mol. The number of rotatable bonds is 4. The number of pyridine rings is 1. The Balaban J connectivity index is 1.46. The number of aromatic nitrogens is 1. The van der Waals surface area contributed by atoms with Gasteiger partial charge in [-0.15, -0.1) is 0 Å². The zero-order valence-electron chi connectivity index (χ0n) is 19.0. The molecule has 3 aromatic rings. The smallest absolute Gasteiger partial charge is 0.384 e. The van der Waals surface area contributed by atoms with Crippen LogP contribution in [-0.4, -0.2) is 47.5 Å².